The van der Waals surface area contributed by atoms with Gasteiger partial charge in [-0.1, -0.05) is 6.92 Å². The van der Waals surface area contributed by atoms with Crippen LogP contribution in [0.2, 0.25) is 0 Å². The van der Waals surface area contributed by atoms with Crippen molar-refractivity contribution in [3.8, 4) is 0 Å². The highest BCUT2D eigenvalue weighted by Crippen LogP contribution is 2.22. The lowest BCUT2D eigenvalue weighted by molar-refractivity contribution is 0.0666. The molecule has 1 N–H and O–H groups in total. The van der Waals surface area contributed by atoms with Crippen LogP contribution in [0.5, 0.6) is 0 Å². The van der Waals surface area contributed by atoms with Crippen molar-refractivity contribution in [3.63, 3.8) is 0 Å². The summed E-state index contributed by atoms with van der Waals surface area (Å²) in [5, 5.41) is 3.57. The second kappa shape index (κ2) is 8.35. The maximum absolute atomic E-state index is 3.57. The zero-order chi connectivity index (χ0) is 14.4. The standard InChI is InChI=1S/C17H35N3/c1-4-10-19-11-7-17(8-12-19)20(15(2)3)14-16-6-5-9-18-13-16/h15-18H,4-14H2,1-3H3. The smallest absolute Gasteiger partial charge is 0.0122 e. The molecule has 0 amide bonds. The summed E-state index contributed by atoms with van der Waals surface area (Å²) in [6, 6.07) is 1.52. The topological polar surface area (TPSA) is 18.5 Å². The minimum atomic E-state index is 0.694. The Hall–Kier alpha value is -0.120. The van der Waals surface area contributed by atoms with Gasteiger partial charge in [0.25, 0.3) is 0 Å². The van der Waals surface area contributed by atoms with Gasteiger partial charge >= 0.3 is 0 Å². The van der Waals surface area contributed by atoms with E-state index in [-0.39, 0.29) is 0 Å². The lowest BCUT2D eigenvalue weighted by Gasteiger charge is -2.42. The Morgan fingerprint density at radius 2 is 1.95 bits per heavy atom. The summed E-state index contributed by atoms with van der Waals surface area (Å²) in [4.78, 5) is 5.46. The molecular formula is C17H35N3. The van der Waals surface area contributed by atoms with Gasteiger partial charge in [0, 0.05) is 18.6 Å². The predicted molar refractivity (Wildman–Crippen MR) is 87.2 cm³/mol. The van der Waals surface area contributed by atoms with Crippen molar-refractivity contribution in [3.05, 3.63) is 0 Å². The summed E-state index contributed by atoms with van der Waals surface area (Å²) >= 11 is 0. The van der Waals surface area contributed by atoms with E-state index in [0.29, 0.717) is 6.04 Å². The molecule has 2 saturated heterocycles. The summed E-state index contributed by atoms with van der Waals surface area (Å²) in [7, 11) is 0. The Labute approximate surface area is 126 Å². The van der Waals surface area contributed by atoms with Crippen molar-refractivity contribution in [2.45, 2.75) is 65.0 Å². The highest BCUT2D eigenvalue weighted by molar-refractivity contribution is 4.84. The molecule has 20 heavy (non-hydrogen) atoms. The van der Waals surface area contributed by atoms with E-state index in [9.17, 15) is 0 Å². The molecule has 3 heteroatoms. The van der Waals surface area contributed by atoms with E-state index >= 15 is 0 Å². The van der Waals surface area contributed by atoms with Gasteiger partial charge in [-0.25, -0.2) is 0 Å². The number of rotatable bonds is 6. The molecule has 2 aliphatic heterocycles. The number of nitrogens with zero attached hydrogens (tertiary/aromatic N) is 2. The SMILES string of the molecule is CCCN1CCC(N(CC2CCCNC2)C(C)C)CC1. The van der Waals surface area contributed by atoms with Crippen LogP contribution in [-0.4, -0.2) is 61.2 Å². The van der Waals surface area contributed by atoms with Crippen LogP contribution in [0, 0.1) is 5.92 Å². The van der Waals surface area contributed by atoms with E-state index in [1.54, 1.807) is 0 Å². The summed E-state index contributed by atoms with van der Waals surface area (Å²) in [5.74, 6) is 0.875. The molecule has 0 aromatic heterocycles. The van der Waals surface area contributed by atoms with Gasteiger partial charge in [0.15, 0.2) is 0 Å². The molecule has 1 atom stereocenters. The minimum Gasteiger partial charge on any atom is -0.316 e. The molecule has 0 aromatic rings. The van der Waals surface area contributed by atoms with E-state index in [1.807, 2.05) is 0 Å². The fourth-order valence-corrected chi connectivity index (χ4v) is 3.95. The maximum atomic E-state index is 3.57. The predicted octanol–water partition coefficient (Wildman–Crippen LogP) is 2.57. The Morgan fingerprint density at radius 1 is 1.20 bits per heavy atom. The van der Waals surface area contributed by atoms with Crippen molar-refractivity contribution in [2.75, 3.05) is 39.3 Å². The highest BCUT2D eigenvalue weighted by Gasteiger charge is 2.28. The van der Waals surface area contributed by atoms with E-state index in [2.05, 4.69) is 35.9 Å². The monoisotopic (exact) mass is 281 g/mol. The zero-order valence-electron chi connectivity index (χ0n) is 13.9. The minimum absolute atomic E-state index is 0.694. The van der Waals surface area contributed by atoms with Crippen molar-refractivity contribution in [2.24, 2.45) is 5.92 Å². The average molecular weight is 281 g/mol. The maximum Gasteiger partial charge on any atom is 0.0122 e. The third kappa shape index (κ3) is 4.71. The summed E-state index contributed by atoms with van der Waals surface area (Å²) in [5.41, 5.74) is 0. The summed E-state index contributed by atoms with van der Waals surface area (Å²) < 4.78 is 0. The van der Waals surface area contributed by atoms with Gasteiger partial charge in [-0.15, -0.1) is 0 Å². The third-order valence-corrected chi connectivity index (χ3v) is 5.10. The van der Waals surface area contributed by atoms with Gasteiger partial charge in [0.1, 0.15) is 0 Å². The van der Waals surface area contributed by atoms with E-state index < -0.39 is 0 Å². The normalized spacial score (nSPS) is 26.6. The Bertz CT molecular complexity index is 253. The molecule has 0 saturated carbocycles. The van der Waals surface area contributed by atoms with Gasteiger partial charge in [-0.3, -0.25) is 4.90 Å². The molecule has 118 valence electrons. The van der Waals surface area contributed by atoms with Crippen LogP contribution in [0.15, 0.2) is 0 Å². The first-order chi connectivity index (χ1) is 9.70. The van der Waals surface area contributed by atoms with Crippen LogP contribution >= 0.6 is 0 Å². The van der Waals surface area contributed by atoms with Crippen molar-refractivity contribution in [1.29, 1.82) is 0 Å². The Morgan fingerprint density at radius 3 is 2.50 bits per heavy atom. The fourth-order valence-electron chi connectivity index (χ4n) is 3.95. The second-order valence-corrected chi connectivity index (χ2v) is 7.08. The fraction of sp³-hybridized carbons (Fsp3) is 1.00. The number of likely N-dealkylation sites (tertiary alicyclic amines) is 1. The van der Waals surface area contributed by atoms with Gasteiger partial charge in [-0.05, 0) is 84.6 Å². The van der Waals surface area contributed by atoms with Crippen molar-refractivity contribution in [1.82, 2.24) is 15.1 Å². The van der Waals surface area contributed by atoms with Crippen molar-refractivity contribution < 1.29 is 0 Å². The molecule has 0 bridgehead atoms. The molecule has 2 aliphatic rings. The van der Waals surface area contributed by atoms with Crippen molar-refractivity contribution >= 4 is 0 Å². The first-order valence-electron chi connectivity index (χ1n) is 8.89. The molecule has 3 nitrogen and oxygen atoms in total. The van der Waals surface area contributed by atoms with Crippen LogP contribution in [0.3, 0.4) is 0 Å². The molecule has 2 fully saturated rings. The lowest BCUT2D eigenvalue weighted by Crippen LogP contribution is -2.50. The average Bonchev–Trinajstić information content (AvgIpc) is 2.47. The van der Waals surface area contributed by atoms with Gasteiger partial charge < -0.3 is 10.2 Å². The van der Waals surface area contributed by atoms with Gasteiger partial charge in [0.2, 0.25) is 0 Å². The molecule has 2 heterocycles. The lowest BCUT2D eigenvalue weighted by atomic mass is 9.95. The van der Waals surface area contributed by atoms with E-state index in [1.165, 1.54) is 71.4 Å². The third-order valence-electron chi connectivity index (χ3n) is 5.10. The molecular weight excluding hydrogens is 246 g/mol. The quantitative estimate of drug-likeness (QED) is 0.807. The molecule has 0 radical (unpaired) electrons. The summed E-state index contributed by atoms with van der Waals surface area (Å²) in [6.45, 7) is 14.7. The first kappa shape index (κ1) is 16.3. The number of hydrogen-bond donors (Lipinski definition) is 1. The number of piperidine rings is 2. The number of nitrogens with one attached hydrogen (secondary N) is 1. The second-order valence-electron chi connectivity index (χ2n) is 7.08. The largest absolute Gasteiger partial charge is 0.316 e. The summed E-state index contributed by atoms with van der Waals surface area (Å²) in [6.07, 6.45) is 6.83. The van der Waals surface area contributed by atoms with Crippen LogP contribution < -0.4 is 5.32 Å². The zero-order valence-corrected chi connectivity index (χ0v) is 13.9. The van der Waals surface area contributed by atoms with Crippen LogP contribution in [0.1, 0.15) is 52.9 Å². The molecule has 0 aliphatic carbocycles. The highest BCUT2D eigenvalue weighted by atomic mass is 15.2. The molecule has 2 rings (SSSR count). The molecule has 1 unspecified atom stereocenters. The number of hydrogen-bond acceptors (Lipinski definition) is 3. The van der Waals surface area contributed by atoms with Crippen LogP contribution in [-0.2, 0) is 0 Å². The molecule has 0 aromatic carbocycles. The van der Waals surface area contributed by atoms with Gasteiger partial charge in [0.05, 0.1) is 0 Å². The first-order valence-corrected chi connectivity index (χ1v) is 8.89. The van der Waals surface area contributed by atoms with Crippen LogP contribution in [0.4, 0.5) is 0 Å². The van der Waals surface area contributed by atoms with E-state index in [0.717, 1.165) is 12.0 Å². The Kier molecular flexibility index (Phi) is 6.79. The molecule has 0 spiro atoms. The van der Waals surface area contributed by atoms with Gasteiger partial charge in [-0.2, -0.15) is 0 Å². The van der Waals surface area contributed by atoms with E-state index in [4.69, 9.17) is 0 Å². The van der Waals surface area contributed by atoms with Crippen LogP contribution in [0.25, 0.3) is 0 Å². The Balaban J connectivity index is 1.82.